The molecule has 3 rings (SSSR count). The van der Waals surface area contributed by atoms with Gasteiger partial charge in [-0.1, -0.05) is 18.6 Å². The molecular formula is C11H10N2O3. The molecule has 1 spiro atoms. The van der Waals surface area contributed by atoms with E-state index in [1.54, 1.807) is 6.07 Å². The molecule has 0 aromatic heterocycles. The lowest BCUT2D eigenvalue weighted by Gasteiger charge is -2.35. The highest BCUT2D eigenvalue weighted by atomic mass is 16.6. The minimum absolute atomic E-state index is 0.00498. The van der Waals surface area contributed by atoms with Crippen molar-refractivity contribution in [1.29, 1.82) is 0 Å². The fraction of sp³-hybridized carbons (Fsp3) is 0.364. The summed E-state index contributed by atoms with van der Waals surface area (Å²) in [5.74, 6) is -0.0805. The van der Waals surface area contributed by atoms with Crippen LogP contribution in [0.2, 0.25) is 0 Å². The van der Waals surface area contributed by atoms with Crippen LogP contribution in [-0.4, -0.2) is 10.8 Å². The third-order valence-electron chi connectivity index (χ3n) is 3.64. The number of para-hydroxylation sites is 1. The zero-order chi connectivity index (χ0) is 11.3. The van der Waals surface area contributed by atoms with Crippen molar-refractivity contribution in [3.05, 3.63) is 33.9 Å². The van der Waals surface area contributed by atoms with Gasteiger partial charge in [-0.2, -0.15) is 0 Å². The van der Waals surface area contributed by atoms with Crippen molar-refractivity contribution in [2.24, 2.45) is 0 Å². The number of rotatable bonds is 1. The summed E-state index contributed by atoms with van der Waals surface area (Å²) in [5.41, 5.74) is 0.728. The number of fused-ring (bicyclic) bond motifs is 2. The minimum Gasteiger partial charge on any atom is -0.319 e. The first-order chi connectivity index (χ1) is 7.65. The molecule has 0 bridgehead atoms. The van der Waals surface area contributed by atoms with Gasteiger partial charge in [0.05, 0.1) is 10.3 Å². The summed E-state index contributed by atoms with van der Waals surface area (Å²) in [6.07, 6.45) is 2.61. The SMILES string of the molecule is O=C1Nc2c([N+](=O)[O-])cccc2C12CCC2. The second-order valence-electron chi connectivity index (χ2n) is 4.35. The molecule has 0 unspecified atom stereocenters. The number of benzene rings is 1. The highest BCUT2D eigenvalue weighted by Gasteiger charge is 2.52. The quantitative estimate of drug-likeness (QED) is 0.578. The second kappa shape index (κ2) is 2.81. The maximum Gasteiger partial charge on any atom is 0.293 e. The number of carbonyl (C=O) groups is 1. The number of nitrogens with one attached hydrogen (secondary N) is 1. The Bertz CT molecular complexity index is 506. The summed E-state index contributed by atoms with van der Waals surface area (Å²) in [6, 6.07) is 4.90. The van der Waals surface area contributed by atoms with E-state index >= 15 is 0 Å². The predicted molar refractivity (Wildman–Crippen MR) is 57.3 cm³/mol. The third kappa shape index (κ3) is 0.925. The van der Waals surface area contributed by atoms with Crippen molar-refractivity contribution < 1.29 is 9.72 Å². The summed E-state index contributed by atoms with van der Waals surface area (Å²) in [4.78, 5) is 22.3. The van der Waals surface area contributed by atoms with E-state index in [0.29, 0.717) is 5.69 Å². The molecule has 0 atom stereocenters. The lowest BCUT2D eigenvalue weighted by atomic mass is 9.65. The van der Waals surface area contributed by atoms with Gasteiger partial charge in [-0.05, 0) is 18.4 Å². The van der Waals surface area contributed by atoms with Crippen LogP contribution in [0, 0.1) is 10.1 Å². The zero-order valence-corrected chi connectivity index (χ0v) is 8.53. The van der Waals surface area contributed by atoms with Crippen LogP contribution in [0.25, 0.3) is 0 Å². The molecule has 1 saturated carbocycles. The van der Waals surface area contributed by atoms with Crippen molar-refractivity contribution in [1.82, 2.24) is 0 Å². The van der Waals surface area contributed by atoms with Gasteiger partial charge >= 0.3 is 0 Å². The van der Waals surface area contributed by atoms with Gasteiger partial charge in [0.15, 0.2) is 0 Å². The van der Waals surface area contributed by atoms with Gasteiger partial charge in [-0.3, -0.25) is 14.9 Å². The number of hydrogen-bond donors (Lipinski definition) is 1. The topological polar surface area (TPSA) is 72.2 Å². The number of carbonyl (C=O) groups excluding carboxylic acids is 1. The summed E-state index contributed by atoms with van der Waals surface area (Å²) in [5, 5.41) is 13.5. The maximum atomic E-state index is 11.9. The molecule has 1 aliphatic carbocycles. The molecule has 1 heterocycles. The minimum atomic E-state index is -0.471. The highest BCUT2D eigenvalue weighted by molar-refractivity contribution is 6.08. The standard InChI is InChI=1S/C11H10N2O3/c14-10-11(5-2-6-11)7-3-1-4-8(13(15)16)9(7)12-10/h1,3-4H,2,5-6H2,(H,12,14). The number of nitro benzene ring substituents is 1. The summed E-state index contributed by atoms with van der Waals surface area (Å²) < 4.78 is 0. The lowest BCUT2D eigenvalue weighted by Crippen LogP contribution is -2.40. The molecule has 0 radical (unpaired) electrons. The van der Waals surface area contributed by atoms with E-state index in [1.165, 1.54) is 6.07 Å². The van der Waals surface area contributed by atoms with Crippen molar-refractivity contribution in [3.8, 4) is 0 Å². The molecular weight excluding hydrogens is 208 g/mol. The van der Waals surface area contributed by atoms with Crippen LogP contribution < -0.4 is 5.32 Å². The molecule has 1 aliphatic heterocycles. The second-order valence-corrected chi connectivity index (χ2v) is 4.35. The van der Waals surface area contributed by atoms with E-state index in [0.717, 1.165) is 24.8 Å². The van der Waals surface area contributed by atoms with Gasteiger partial charge in [-0.15, -0.1) is 0 Å². The van der Waals surface area contributed by atoms with Gasteiger partial charge in [0.1, 0.15) is 5.69 Å². The van der Waals surface area contributed by atoms with Crippen molar-refractivity contribution in [2.45, 2.75) is 24.7 Å². The van der Waals surface area contributed by atoms with Crippen LogP contribution in [0.15, 0.2) is 18.2 Å². The molecule has 1 fully saturated rings. The molecule has 1 N–H and O–H groups in total. The Kier molecular flexibility index (Phi) is 1.64. The maximum absolute atomic E-state index is 11.9. The monoisotopic (exact) mass is 218 g/mol. The summed E-state index contributed by atoms with van der Waals surface area (Å²) in [7, 11) is 0. The number of hydrogen-bond acceptors (Lipinski definition) is 3. The first-order valence-corrected chi connectivity index (χ1v) is 5.24. The van der Waals surface area contributed by atoms with E-state index in [4.69, 9.17) is 0 Å². The fourth-order valence-corrected chi connectivity index (χ4v) is 2.60. The van der Waals surface area contributed by atoms with Crippen molar-refractivity contribution in [3.63, 3.8) is 0 Å². The van der Waals surface area contributed by atoms with Crippen LogP contribution in [0.4, 0.5) is 11.4 Å². The Hall–Kier alpha value is -1.91. The van der Waals surface area contributed by atoms with Gasteiger partial charge in [-0.25, -0.2) is 0 Å². The Balaban J connectivity index is 2.21. The third-order valence-corrected chi connectivity index (χ3v) is 3.64. The molecule has 5 nitrogen and oxygen atoms in total. The average molecular weight is 218 g/mol. The van der Waals surface area contributed by atoms with E-state index in [9.17, 15) is 14.9 Å². The van der Waals surface area contributed by atoms with Gasteiger partial charge in [0.2, 0.25) is 5.91 Å². The van der Waals surface area contributed by atoms with Gasteiger partial charge in [0, 0.05) is 6.07 Å². The van der Waals surface area contributed by atoms with E-state index in [1.807, 2.05) is 6.07 Å². The Morgan fingerprint density at radius 1 is 1.38 bits per heavy atom. The number of nitrogens with zero attached hydrogens (tertiary/aromatic N) is 1. The summed E-state index contributed by atoms with van der Waals surface area (Å²) in [6.45, 7) is 0. The molecule has 0 saturated heterocycles. The normalized spacial score (nSPS) is 20.1. The van der Waals surface area contributed by atoms with Crippen LogP contribution in [0.3, 0.4) is 0 Å². The zero-order valence-electron chi connectivity index (χ0n) is 8.53. The first-order valence-electron chi connectivity index (χ1n) is 5.24. The lowest BCUT2D eigenvalue weighted by molar-refractivity contribution is -0.383. The largest absolute Gasteiger partial charge is 0.319 e. The van der Waals surface area contributed by atoms with Crippen LogP contribution >= 0.6 is 0 Å². The van der Waals surface area contributed by atoms with E-state index < -0.39 is 10.3 Å². The molecule has 82 valence electrons. The molecule has 1 amide bonds. The Morgan fingerprint density at radius 2 is 2.12 bits per heavy atom. The van der Waals surface area contributed by atoms with Crippen molar-refractivity contribution >= 4 is 17.3 Å². The number of nitro groups is 1. The molecule has 1 aromatic rings. The average Bonchev–Trinajstić information content (AvgIpc) is 2.48. The molecule has 16 heavy (non-hydrogen) atoms. The van der Waals surface area contributed by atoms with E-state index in [2.05, 4.69) is 5.32 Å². The highest BCUT2D eigenvalue weighted by Crippen LogP contribution is 2.53. The van der Waals surface area contributed by atoms with Crippen molar-refractivity contribution in [2.75, 3.05) is 5.32 Å². The van der Waals surface area contributed by atoms with Crippen LogP contribution in [-0.2, 0) is 10.2 Å². The summed E-state index contributed by atoms with van der Waals surface area (Å²) >= 11 is 0. The predicted octanol–water partition coefficient (Wildman–Crippen LogP) is 1.97. The molecule has 5 heteroatoms. The van der Waals surface area contributed by atoms with Gasteiger partial charge < -0.3 is 5.32 Å². The fourth-order valence-electron chi connectivity index (χ4n) is 2.60. The van der Waals surface area contributed by atoms with Crippen LogP contribution in [0.1, 0.15) is 24.8 Å². The molecule has 1 aromatic carbocycles. The number of anilines is 1. The first kappa shape index (κ1) is 9.33. The van der Waals surface area contributed by atoms with E-state index in [-0.39, 0.29) is 11.6 Å². The Labute approximate surface area is 91.6 Å². The smallest absolute Gasteiger partial charge is 0.293 e. The van der Waals surface area contributed by atoms with Gasteiger partial charge in [0.25, 0.3) is 5.69 Å². The Morgan fingerprint density at radius 3 is 2.69 bits per heavy atom. The number of amides is 1. The van der Waals surface area contributed by atoms with Crippen LogP contribution in [0.5, 0.6) is 0 Å². The molecule has 2 aliphatic rings.